The molecule has 2 heteroatoms. The number of rotatable bonds is 6. The van der Waals surface area contributed by atoms with Gasteiger partial charge in [-0.2, -0.15) is 0 Å². The molecule has 15 heavy (non-hydrogen) atoms. The zero-order valence-electron chi connectivity index (χ0n) is 11.1. The van der Waals surface area contributed by atoms with Crippen molar-refractivity contribution in [1.82, 2.24) is 4.90 Å². The van der Waals surface area contributed by atoms with Gasteiger partial charge in [-0.05, 0) is 20.3 Å². The number of quaternary nitrogens is 1. The first-order valence-electron chi connectivity index (χ1n) is 6.80. The first kappa shape index (κ1) is 13.0. The van der Waals surface area contributed by atoms with Crippen molar-refractivity contribution in [1.29, 1.82) is 0 Å². The van der Waals surface area contributed by atoms with E-state index in [1.54, 1.807) is 0 Å². The summed E-state index contributed by atoms with van der Waals surface area (Å²) in [4.78, 5) is 2.67. The third-order valence-corrected chi connectivity index (χ3v) is 4.15. The first-order chi connectivity index (χ1) is 7.22. The third kappa shape index (κ3) is 2.73. The minimum absolute atomic E-state index is 0.900. The summed E-state index contributed by atoms with van der Waals surface area (Å²) >= 11 is 0. The molecule has 0 aromatic heterocycles. The van der Waals surface area contributed by atoms with Crippen LogP contribution in [0.3, 0.4) is 0 Å². The molecule has 0 N–H and O–H groups in total. The molecular weight excluding hydrogens is 184 g/mol. The summed E-state index contributed by atoms with van der Waals surface area (Å²) < 4.78 is 1.34. The lowest BCUT2D eigenvalue weighted by atomic mass is 10.1. The smallest absolute Gasteiger partial charge is 0.135 e. The van der Waals surface area contributed by atoms with Crippen LogP contribution in [0.5, 0.6) is 0 Å². The molecule has 0 aliphatic carbocycles. The molecule has 1 unspecified atom stereocenters. The molecule has 0 bridgehead atoms. The van der Waals surface area contributed by atoms with Crippen LogP contribution in [0.2, 0.25) is 0 Å². The Morgan fingerprint density at radius 2 is 1.73 bits per heavy atom. The van der Waals surface area contributed by atoms with Gasteiger partial charge in [0.05, 0.1) is 19.6 Å². The van der Waals surface area contributed by atoms with E-state index < -0.39 is 0 Å². The van der Waals surface area contributed by atoms with E-state index >= 15 is 0 Å². The maximum atomic E-state index is 2.67. The monoisotopic (exact) mass is 213 g/mol. The molecule has 1 saturated heterocycles. The van der Waals surface area contributed by atoms with Gasteiger partial charge in [0.2, 0.25) is 0 Å². The van der Waals surface area contributed by atoms with Crippen molar-refractivity contribution >= 4 is 0 Å². The Bertz CT molecular complexity index is 175. The maximum Gasteiger partial charge on any atom is 0.135 e. The molecule has 0 aromatic rings. The fraction of sp³-hybridized carbons (Fsp3) is 1.00. The molecule has 1 aliphatic heterocycles. The predicted molar refractivity (Wildman–Crippen MR) is 66.8 cm³/mol. The summed E-state index contributed by atoms with van der Waals surface area (Å²) in [7, 11) is 0. The molecule has 0 spiro atoms. The van der Waals surface area contributed by atoms with Crippen molar-refractivity contribution in [2.75, 3.05) is 32.8 Å². The van der Waals surface area contributed by atoms with Crippen LogP contribution in [0.1, 0.15) is 47.0 Å². The van der Waals surface area contributed by atoms with Crippen molar-refractivity contribution in [3.63, 3.8) is 0 Å². The lowest BCUT2D eigenvalue weighted by Gasteiger charge is -2.37. The molecule has 0 saturated carbocycles. The van der Waals surface area contributed by atoms with Crippen LogP contribution in [-0.4, -0.2) is 48.3 Å². The van der Waals surface area contributed by atoms with Gasteiger partial charge in [-0.3, -0.25) is 4.90 Å². The number of nitrogens with zero attached hydrogens (tertiary/aromatic N) is 2. The van der Waals surface area contributed by atoms with E-state index in [1.807, 2.05) is 0 Å². The van der Waals surface area contributed by atoms with Crippen LogP contribution in [0, 0.1) is 0 Å². The Labute approximate surface area is 95.8 Å². The fourth-order valence-corrected chi connectivity index (χ4v) is 3.16. The van der Waals surface area contributed by atoms with Gasteiger partial charge < -0.3 is 4.48 Å². The molecule has 1 fully saturated rings. The lowest BCUT2D eigenvalue weighted by molar-refractivity contribution is -0.939. The van der Waals surface area contributed by atoms with E-state index in [1.165, 1.54) is 56.6 Å². The van der Waals surface area contributed by atoms with Crippen molar-refractivity contribution < 1.29 is 4.48 Å². The average molecular weight is 213 g/mol. The summed E-state index contributed by atoms with van der Waals surface area (Å²) in [6.45, 7) is 15.9. The van der Waals surface area contributed by atoms with E-state index in [0.717, 1.165) is 6.04 Å². The standard InChI is InChI=1S/C13H29N2/c1-5-9-13-11-14(10-6-2)12-15(13,7-3)8-4/h13H,5-12H2,1-4H3/q+1. The Morgan fingerprint density at radius 1 is 1.07 bits per heavy atom. The highest BCUT2D eigenvalue weighted by atomic mass is 15.5. The Balaban J connectivity index is 2.65. The largest absolute Gasteiger partial charge is 0.308 e. The Kier molecular flexibility index (Phi) is 5.07. The molecule has 0 radical (unpaired) electrons. The first-order valence-corrected chi connectivity index (χ1v) is 6.80. The van der Waals surface area contributed by atoms with Crippen molar-refractivity contribution in [3.8, 4) is 0 Å². The van der Waals surface area contributed by atoms with Crippen LogP contribution in [0.15, 0.2) is 0 Å². The summed E-state index contributed by atoms with van der Waals surface area (Å²) in [5.74, 6) is 0. The molecule has 2 nitrogen and oxygen atoms in total. The molecule has 90 valence electrons. The van der Waals surface area contributed by atoms with E-state index in [4.69, 9.17) is 0 Å². The zero-order valence-corrected chi connectivity index (χ0v) is 11.1. The zero-order chi connectivity index (χ0) is 11.3. The lowest BCUT2D eigenvalue weighted by Crippen LogP contribution is -2.52. The molecule has 1 atom stereocenters. The molecule has 1 rings (SSSR count). The van der Waals surface area contributed by atoms with Gasteiger partial charge in [0.15, 0.2) is 0 Å². The molecule has 0 amide bonds. The normalized spacial score (nSPS) is 26.0. The quantitative estimate of drug-likeness (QED) is 0.613. The highest BCUT2D eigenvalue weighted by Crippen LogP contribution is 2.26. The van der Waals surface area contributed by atoms with Crippen LogP contribution in [0.25, 0.3) is 0 Å². The van der Waals surface area contributed by atoms with Gasteiger partial charge in [0, 0.05) is 13.0 Å². The van der Waals surface area contributed by atoms with Gasteiger partial charge >= 0.3 is 0 Å². The van der Waals surface area contributed by atoms with E-state index in [-0.39, 0.29) is 0 Å². The Morgan fingerprint density at radius 3 is 2.20 bits per heavy atom. The summed E-state index contributed by atoms with van der Waals surface area (Å²) in [6.07, 6.45) is 4.04. The van der Waals surface area contributed by atoms with Crippen LogP contribution in [0.4, 0.5) is 0 Å². The number of likely N-dealkylation sites (N-methyl/N-ethyl adjacent to an activating group) is 1. The molecular formula is C13H29N2+. The second-order valence-electron chi connectivity index (χ2n) is 5.01. The molecule has 1 heterocycles. The van der Waals surface area contributed by atoms with Crippen LogP contribution < -0.4 is 0 Å². The second kappa shape index (κ2) is 5.86. The summed E-state index contributed by atoms with van der Waals surface area (Å²) in [6, 6.07) is 0.900. The van der Waals surface area contributed by atoms with Crippen LogP contribution in [-0.2, 0) is 0 Å². The summed E-state index contributed by atoms with van der Waals surface area (Å²) in [5.41, 5.74) is 0. The molecule has 0 aromatic carbocycles. The van der Waals surface area contributed by atoms with Crippen LogP contribution >= 0.6 is 0 Å². The minimum Gasteiger partial charge on any atom is -0.308 e. The van der Waals surface area contributed by atoms with E-state index in [9.17, 15) is 0 Å². The highest BCUT2D eigenvalue weighted by molar-refractivity contribution is 4.72. The third-order valence-electron chi connectivity index (χ3n) is 4.15. The predicted octanol–water partition coefficient (Wildman–Crippen LogP) is 2.69. The second-order valence-corrected chi connectivity index (χ2v) is 5.01. The van der Waals surface area contributed by atoms with Crippen molar-refractivity contribution in [3.05, 3.63) is 0 Å². The summed E-state index contributed by atoms with van der Waals surface area (Å²) in [5, 5.41) is 0. The maximum absolute atomic E-state index is 2.67. The van der Waals surface area contributed by atoms with Gasteiger partial charge in [0.25, 0.3) is 0 Å². The van der Waals surface area contributed by atoms with E-state index in [2.05, 4.69) is 32.6 Å². The van der Waals surface area contributed by atoms with Gasteiger partial charge in [-0.1, -0.05) is 20.3 Å². The van der Waals surface area contributed by atoms with Gasteiger partial charge in [-0.15, -0.1) is 0 Å². The van der Waals surface area contributed by atoms with E-state index in [0.29, 0.717) is 0 Å². The van der Waals surface area contributed by atoms with Gasteiger partial charge in [0.1, 0.15) is 12.7 Å². The topological polar surface area (TPSA) is 3.24 Å². The molecule has 1 aliphatic rings. The highest BCUT2D eigenvalue weighted by Gasteiger charge is 2.42. The SMILES string of the molecule is CCCC1CN(CCC)C[N+]1(CC)CC. The van der Waals surface area contributed by atoms with Gasteiger partial charge in [-0.25, -0.2) is 0 Å². The number of hydrogen-bond donors (Lipinski definition) is 0. The fourth-order valence-electron chi connectivity index (χ4n) is 3.16. The minimum atomic E-state index is 0.900. The Hall–Kier alpha value is -0.0800. The van der Waals surface area contributed by atoms with Crippen molar-refractivity contribution in [2.45, 2.75) is 53.0 Å². The number of hydrogen-bond acceptors (Lipinski definition) is 1. The van der Waals surface area contributed by atoms with Crippen molar-refractivity contribution in [2.24, 2.45) is 0 Å². The average Bonchev–Trinajstić information content (AvgIpc) is 2.58.